The van der Waals surface area contributed by atoms with Gasteiger partial charge < -0.3 is 24.8 Å². The summed E-state index contributed by atoms with van der Waals surface area (Å²) in [6.45, 7) is 2.95. The topological polar surface area (TPSA) is 71.4 Å². The van der Waals surface area contributed by atoms with Crippen molar-refractivity contribution in [2.24, 2.45) is 0 Å². The van der Waals surface area contributed by atoms with Crippen molar-refractivity contribution in [3.05, 3.63) is 108 Å². The Morgan fingerprint density at radius 1 is 1.08 bits per heavy atom. The van der Waals surface area contributed by atoms with Gasteiger partial charge in [-0.15, -0.1) is 0 Å². The molecule has 1 fully saturated rings. The summed E-state index contributed by atoms with van der Waals surface area (Å²) in [5.74, 6) is 0.283. The zero-order valence-electron chi connectivity index (χ0n) is 20.9. The van der Waals surface area contributed by atoms with Crippen LogP contribution in [0.25, 0.3) is 5.69 Å². The van der Waals surface area contributed by atoms with E-state index in [0.29, 0.717) is 24.0 Å². The zero-order chi connectivity index (χ0) is 26.5. The maximum atomic E-state index is 13.2. The van der Waals surface area contributed by atoms with E-state index in [1.54, 1.807) is 18.3 Å². The first kappa shape index (κ1) is 25.4. The summed E-state index contributed by atoms with van der Waals surface area (Å²) in [6.07, 6.45) is 3.98. The molecule has 2 aromatic heterocycles. The predicted octanol–water partition coefficient (Wildman–Crippen LogP) is 5.41. The van der Waals surface area contributed by atoms with Crippen molar-refractivity contribution in [3.63, 3.8) is 0 Å². The van der Waals surface area contributed by atoms with Gasteiger partial charge in [0.25, 0.3) is 0 Å². The first-order valence-electron chi connectivity index (χ1n) is 12.5. The minimum atomic E-state index is -0.351. The molecule has 0 radical (unpaired) electrons. The normalized spacial score (nSPS) is 16.8. The van der Waals surface area contributed by atoms with Crippen LogP contribution in [0.5, 0.6) is 5.75 Å². The molecule has 2 N–H and O–H groups in total. The number of rotatable bonds is 9. The molecule has 7 nitrogen and oxygen atoms in total. The molecular weight excluding hydrogens is 501 g/mol. The van der Waals surface area contributed by atoms with E-state index in [-0.39, 0.29) is 30.2 Å². The van der Waals surface area contributed by atoms with Crippen LogP contribution in [0.1, 0.15) is 36.8 Å². The Balaban J connectivity index is 1.42. The van der Waals surface area contributed by atoms with Crippen molar-refractivity contribution in [2.45, 2.75) is 25.4 Å². The molecule has 2 aromatic carbocycles. The second kappa shape index (κ2) is 11.4. The molecule has 1 aliphatic rings. The van der Waals surface area contributed by atoms with Crippen LogP contribution in [0.15, 0.2) is 91.3 Å². The number of carbonyl (C=O) groups excluding carboxylic acids is 1. The third kappa shape index (κ3) is 5.52. The van der Waals surface area contributed by atoms with E-state index in [4.69, 9.17) is 17.0 Å². The molecule has 0 spiro atoms. The number of nitrogens with one attached hydrogen (secondary N) is 2. The predicted molar refractivity (Wildman–Crippen MR) is 149 cm³/mol. The quantitative estimate of drug-likeness (QED) is 0.283. The van der Waals surface area contributed by atoms with Crippen LogP contribution >= 0.6 is 12.2 Å². The SMILES string of the molecule is CCOc1ccc(-n2cccc2[C@H]2[C@H](c3ccccn3)NC(=S)N2CCC(=O)Nc2ccc(F)cc2)cc1. The van der Waals surface area contributed by atoms with E-state index in [1.165, 1.54) is 12.1 Å². The largest absolute Gasteiger partial charge is 0.494 e. The van der Waals surface area contributed by atoms with Crippen molar-refractivity contribution in [3.8, 4) is 11.4 Å². The minimum absolute atomic E-state index is 0.179. The van der Waals surface area contributed by atoms with E-state index in [1.807, 2.05) is 66.6 Å². The molecular formula is C29H28FN5O2S. The van der Waals surface area contributed by atoms with Crippen LogP contribution in [0.4, 0.5) is 10.1 Å². The fourth-order valence-corrected chi connectivity index (χ4v) is 5.02. The third-order valence-corrected chi connectivity index (χ3v) is 6.77. The lowest BCUT2D eigenvalue weighted by Crippen LogP contribution is -2.33. The van der Waals surface area contributed by atoms with Crippen molar-refractivity contribution < 1.29 is 13.9 Å². The summed E-state index contributed by atoms with van der Waals surface area (Å²) in [4.78, 5) is 19.4. The van der Waals surface area contributed by atoms with Gasteiger partial charge in [-0.25, -0.2) is 4.39 Å². The molecule has 38 heavy (non-hydrogen) atoms. The summed E-state index contributed by atoms with van der Waals surface area (Å²) in [7, 11) is 0. The Hall–Kier alpha value is -4.24. The number of amides is 1. The summed E-state index contributed by atoms with van der Waals surface area (Å²) >= 11 is 5.76. The molecule has 1 saturated heterocycles. The van der Waals surface area contributed by atoms with Gasteiger partial charge in [0.2, 0.25) is 5.91 Å². The van der Waals surface area contributed by atoms with Crippen molar-refractivity contribution in [2.75, 3.05) is 18.5 Å². The highest BCUT2D eigenvalue weighted by molar-refractivity contribution is 7.80. The summed E-state index contributed by atoms with van der Waals surface area (Å²) in [5.41, 5.74) is 3.40. The van der Waals surface area contributed by atoms with Gasteiger partial charge in [0, 0.05) is 42.4 Å². The lowest BCUT2D eigenvalue weighted by Gasteiger charge is -2.29. The van der Waals surface area contributed by atoms with Crippen molar-refractivity contribution in [1.29, 1.82) is 0 Å². The number of thiocarbonyl (C=S) groups is 1. The van der Waals surface area contributed by atoms with E-state index < -0.39 is 0 Å². The van der Waals surface area contributed by atoms with Crippen LogP contribution < -0.4 is 15.4 Å². The average Bonchev–Trinajstić information content (AvgIpc) is 3.54. The zero-order valence-corrected chi connectivity index (χ0v) is 21.7. The Morgan fingerprint density at radius 3 is 2.58 bits per heavy atom. The Kier molecular flexibility index (Phi) is 7.65. The van der Waals surface area contributed by atoms with Crippen molar-refractivity contribution >= 4 is 28.9 Å². The van der Waals surface area contributed by atoms with Gasteiger partial charge in [0.1, 0.15) is 11.6 Å². The fraction of sp³-hybridized carbons (Fsp3) is 0.207. The number of ether oxygens (including phenoxy) is 1. The van der Waals surface area contributed by atoms with E-state index >= 15 is 0 Å². The lowest BCUT2D eigenvalue weighted by atomic mass is 10.0. The lowest BCUT2D eigenvalue weighted by molar-refractivity contribution is -0.116. The second-order valence-corrected chi connectivity index (χ2v) is 9.24. The van der Waals surface area contributed by atoms with Gasteiger partial charge in [-0.1, -0.05) is 6.07 Å². The molecule has 0 saturated carbocycles. The fourth-order valence-electron chi connectivity index (χ4n) is 4.69. The van der Waals surface area contributed by atoms with Crippen LogP contribution in [-0.4, -0.2) is 38.6 Å². The monoisotopic (exact) mass is 529 g/mol. The van der Waals surface area contributed by atoms with Gasteiger partial charge in [0.05, 0.1) is 24.4 Å². The summed E-state index contributed by atoms with van der Waals surface area (Å²) in [5, 5.41) is 6.81. The van der Waals surface area contributed by atoms with Gasteiger partial charge in [-0.2, -0.15) is 0 Å². The first-order chi connectivity index (χ1) is 18.5. The maximum absolute atomic E-state index is 13.2. The molecule has 3 heterocycles. The minimum Gasteiger partial charge on any atom is -0.494 e. The molecule has 194 valence electrons. The number of anilines is 1. The Morgan fingerprint density at radius 2 is 1.87 bits per heavy atom. The van der Waals surface area contributed by atoms with Crippen LogP contribution in [0.3, 0.4) is 0 Å². The van der Waals surface area contributed by atoms with E-state index in [2.05, 4.69) is 26.3 Å². The highest BCUT2D eigenvalue weighted by Crippen LogP contribution is 2.39. The smallest absolute Gasteiger partial charge is 0.226 e. The number of hydrogen-bond donors (Lipinski definition) is 2. The number of halogens is 1. The average molecular weight is 530 g/mol. The Bertz CT molecular complexity index is 1390. The molecule has 1 aliphatic heterocycles. The standard InChI is InChI=1S/C29H28FN5O2S/c1-2-37-23-14-12-22(13-15-23)34-18-5-7-25(34)28-27(24-6-3-4-17-31-24)33-29(38)35(28)19-16-26(36)32-21-10-8-20(30)9-11-21/h3-15,17-18,27-28H,2,16,19H2,1H3,(H,32,36)(H,33,38)/t27-,28-/m0/s1. The second-order valence-electron chi connectivity index (χ2n) is 8.86. The van der Waals surface area contributed by atoms with Crippen LogP contribution in [-0.2, 0) is 4.79 Å². The van der Waals surface area contributed by atoms with Crippen molar-refractivity contribution in [1.82, 2.24) is 19.8 Å². The Labute approximate surface area is 226 Å². The van der Waals surface area contributed by atoms with Gasteiger partial charge in [-0.05, 0) is 91.9 Å². The highest BCUT2D eigenvalue weighted by Gasteiger charge is 2.41. The molecule has 0 aliphatic carbocycles. The number of aromatic nitrogens is 2. The maximum Gasteiger partial charge on any atom is 0.226 e. The van der Waals surface area contributed by atoms with Gasteiger partial charge >= 0.3 is 0 Å². The number of hydrogen-bond acceptors (Lipinski definition) is 4. The van der Waals surface area contributed by atoms with E-state index in [9.17, 15) is 9.18 Å². The van der Waals surface area contributed by atoms with Crippen LogP contribution in [0.2, 0.25) is 0 Å². The molecule has 5 rings (SSSR count). The highest BCUT2D eigenvalue weighted by atomic mass is 32.1. The third-order valence-electron chi connectivity index (χ3n) is 6.41. The number of nitrogens with zero attached hydrogens (tertiary/aromatic N) is 3. The summed E-state index contributed by atoms with van der Waals surface area (Å²) < 4.78 is 21.0. The number of pyridine rings is 1. The molecule has 0 unspecified atom stereocenters. The van der Waals surface area contributed by atoms with Crippen LogP contribution in [0, 0.1) is 5.82 Å². The molecule has 2 atom stereocenters. The number of benzene rings is 2. The molecule has 1 amide bonds. The number of carbonyl (C=O) groups is 1. The van der Waals surface area contributed by atoms with Gasteiger partial charge in [0.15, 0.2) is 5.11 Å². The first-order valence-corrected chi connectivity index (χ1v) is 12.9. The molecule has 4 aromatic rings. The molecule has 9 heteroatoms. The summed E-state index contributed by atoms with van der Waals surface area (Å²) in [6, 6.07) is 23.1. The van der Waals surface area contributed by atoms with Gasteiger partial charge in [-0.3, -0.25) is 9.78 Å². The van der Waals surface area contributed by atoms with E-state index in [0.717, 1.165) is 22.8 Å². The molecule has 0 bridgehead atoms.